The smallest absolute Gasteiger partial charge is 0.223 e. The molecule has 2 aromatic carbocycles. The molecule has 0 aliphatic carbocycles. The molecule has 24 heavy (non-hydrogen) atoms. The maximum Gasteiger partial charge on any atom is 0.223 e. The third kappa shape index (κ3) is 2.38. The number of hydrogen-bond donors (Lipinski definition) is 1. The van der Waals surface area contributed by atoms with Crippen LogP contribution in [0, 0.1) is 6.92 Å². The molecule has 5 nitrogen and oxygen atoms in total. The highest BCUT2D eigenvalue weighted by molar-refractivity contribution is 5.94. The molecule has 1 aliphatic heterocycles. The molecule has 5 heteroatoms. The van der Waals surface area contributed by atoms with Crippen molar-refractivity contribution < 1.29 is 4.79 Å². The molecule has 1 amide bonds. The molecular weight excluding hydrogens is 300 g/mol. The van der Waals surface area contributed by atoms with Gasteiger partial charge in [0.05, 0.1) is 5.69 Å². The molecule has 1 aromatic heterocycles. The van der Waals surface area contributed by atoms with Gasteiger partial charge in [0.15, 0.2) is 0 Å². The highest BCUT2D eigenvalue weighted by Crippen LogP contribution is 2.34. The number of anilines is 1. The summed E-state index contributed by atoms with van der Waals surface area (Å²) in [5.74, 6) is 0.0811. The molecule has 0 fully saturated rings. The standard InChI is InChI=1S/C19H18N4O/c1-12-19(16-5-3-4-6-17(16)20-12)22-21-15-7-8-18-14(11-15)9-10-23(18)13(2)24/h3-8,11,20H,9-10H2,1-2H3. The molecule has 120 valence electrons. The number of aryl methyl sites for hydroxylation is 1. The van der Waals surface area contributed by atoms with Crippen LogP contribution in [-0.2, 0) is 11.2 Å². The topological polar surface area (TPSA) is 60.8 Å². The van der Waals surface area contributed by atoms with Crippen molar-refractivity contribution in [2.24, 2.45) is 10.2 Å². The average molecular weight is 318 g/mol. The van der Waals surface area contributed by atoms with Gasteiger partial charge in [0.2, 0.25) is 5.91 Å². The first-order chi connectivity index (χ1) is 11.6. The van der Waals surface area contributed by atoms with E-state index in [1.165, 1.54) is 0 Å². The van der Waals surface area contributed by atoms with Crippen LogP contribution in [0.2, 0.25) is 0 Å². The van der Waals surface area contributed by atoms with E-state index >= 15 is 0 Å². The summed E-state index contributed by atoms with van der Waals surface area (Å²) in [5, 5.41) is 9.94. The summed E-state index contributed by atoms with van der Waals surface area (Å²) in [6, 6.07) is 14.0. The number of nitrogens with zero attached hydrogens (tertiary/aromatic N) is 3. The number of azo groups is 1. The monoisotopic (exact) mass is 318 g/mol. The first kappa shape index (κ1) is 14.6. The molecule has 0 unspecified atom stereocenters. The molecular formula is C19H18N4O. The van der Waals surface area contributed by atoms with Crippen LogP contribution in [0.3, 0.4) is 0 Å². The number of aromatic amines is 1. The Kier molecular flexibility index (Phi) is 3.41. The van der Waals surface area contributed by atoms with Crippen LogP contribution in [0.5, 0.6) is 0 Å². The molecule has 0 bridgehead atoms. The van der Waals surface area contributed by atoms with Crippen LogP contribution in [0.25, 0.3) is 10.9 Å². The van der Waals surface area contributed by atoms with E-state index in [4.69, 9.17) is 0 Å². The third-order valence-electron chi connectivity index (χ3n) is 4.46. The summed E-state index contributed by atoms with van der Waals surface area (Å²) in [7, 11) is 0. The van der Waals surface area contributed by atoms with Crippen molar-refractivity contribution in [2.75, 3.05) is 11.4 Å². The fourth-order valence-corrected chi connectivity index (χ4v) is 3.28. The number of para-hydroxylation sites is 1. The minimum Gasteiger partial charge on any atom is -0.357 e. The lowest BCUT2D eigenvalue weighted by Crippen LogP contribution is -2.25. The second-order valence-corrected chi connectivity index (χ2v) is 6.08. The van der Waals surface area contributed by atoms with Crippen molar-refractivity contribution in [1.29, 1.82) is 0 Å². The summed E-state index contributed by atoms with van der Waals surface area (Å²) in [6.45, 7) is 4.34. The van der Waals surface area contributed by atoms with Gasteiger partial charge in [0.1, 0.15) is 5.69 Å². The average Bonchev–Trinajstić information content (AvgIpc) is 3.12. The van der Waals surface area contributed by atoms with Crippen molar-refractivity contribution in [3.8, 4) is 0 Å². The Morgan fingerprint density at radius 2 is 2.00 bits per heavy atom. The first-order valence-electron chi connectivity index (χ1n) is 8.03. The number of amides is 1. The molecule has 0 atom stereocenters. The maximum atomic E-state index is 11.6. The fourth-order valence-electron chi connectivity index (χ4n) is 3.28. The lowest BCUT2D eigenvalue weighted by atomic mass is 10.1. The van der Waals surface area contributed by atoms with E-state index in [2.05, 4.69) is 15.2 Å². The highest BCUT2D eigenvalue weighted by atomic mass is 16.2. The second kappa shape index (κ2) is 5.60. The Balaban J connectivity index is 1.67. The quantitative estimate of drug-likeness (QED) is 0.678. The first-order valence-corrected chi connectivity index (χ1v) is 8.03. The van der Waals surface area contributed by atoms with Gasteiger partial charge in [-0.3, -0.25) is 4.79 Å². The number of aromatic nitrogens is 1. The SMILES string of the molecule is CC(=O)N1CCc2cc(N=Nc3c(C)[nH]c4ccccc34)ccc21. The van der Waals surface area contributed by atoms with E-state index in [0.717, 1.165) is 52.2 Å². The van der Waals surface area contributed by atoms with Crippen molar-refractivity contribution >= 4 is 33.9 Å². The van der Waals surface area contributed by atoms with Crippen molar-refractivity contribution in [1.82, 2.24) is 4.98 Å². The molecule has 1 aliphatic rings. The van der Waals surface area contributed by atoms with Gasteiger partial charge in [-0.2, -0.15) is 5.11 Å². The number of H-pyrrole nitrogens is 1. The fraction of sp³-hybridized carbons (Fsp3) is 0.211. The van der Waals surface area contributed by atoms with Crippen molar-refractivity contribution in [3.05, 3.63) is 53.7 Å². The number of hydrogen-bond acceptors (Lipinski definition) is 3. The van der Waals surface area contributed by atoms with Gasteiger partial charge >= 0.3 is 0 Å². The van der Waals surface area contributed by atoms with Gasteiger partial charge in [0, 0.05) is 35.8 Å². The molecule has 4 rings (SSSR count). The minimum atomic E-state index is 0.0811. The van der Waals surface area contributed by atoms with E-state index in [0.29, 0.717) is 0 Å². The highest BCUT2D eigenvalue weighted by Gasteiger charge is 2.22. The van der Waals surface area contributed by atoms with E-state index in [1.54, 1.807) is 11.8 Å². The van der Waals surface area contributed by atoms with Gasteiger partial charge < -0.3 is 9.88 Å². The summed E-state index contributed by atoms with van der Waals surface area (Å²) in [6.07, 6.45) is 0.865. The largest absolute Gasteiger partial charge is 0.357 e. The number of carbonyl (C=O) groups excluding carboxylic acids is 1. The molecule has 0 spiro atoms. The Morgan fingerprint density at radius 3 is 2.83 bits per heavy atom. The lowest BCUT2D eigenvalue weighted by molar-refractivity contribution is -0.116. The zero-order valence-electron chi connectivity index (χ0n) is 13.7. The Morgan fingerprint density at radius 1 is 1.17 bits per heavy atom. The Labute approximate surface area is 140 Å². The Bertz CT molecular complexity index is 971. The third-order valence-corrected chi connectivity index (χ3v) is 4.46. The zero-order chi connectivity index (χ0) is 16.7. The summed E-state index contributed by atoms with van der Waals surface area (Å²) in [4.78, 5) is 16.7. The second-order valence-electron chi connectivity index (χ2n) is 6.08. The summed E-state index contributed by atoms with van der Waals surface area (Å²) < 4.78 is 0. The van der Waals surface area contributed by atoms with E-state index in [-0.39, 0.29) is 5.91 Å². The number of nitrogens with one attached hydrogen (secondary N) is 1. The minimum absolute atomic E-state index is 0.0811. The van der Waals surface area contributed by atoms with Crippen molar-refractivity contribution in [2.45, 2.75) is 20.3 Å². The van der Waals surface area contributed by atoms with Crippen LogP contribution in [0.15, 0.2) is 52.7 Å². The summed E-state index contributed by atoms with van der Waals surface area (Å²) in [5.41, 5.74) is 5.89. The Hall–Kier alpha value is -2.95. The predicted molar refractivity (Wildman–Crippen MR) is 95.4 cm³/mol. The number of benzene rings is 2. The van der Waals surface area contributed by atoms with Crippen LogP contribution < -0.4 is 4.90 Å². The van der Waals surface area contributed by atoms with E-state index in [1.807, 2.05) is 49.4 Å². The molecule has 0 radical (unpaired) electrons. The molecule has 0 saturated heterocycles. The molecule has 0 saturated carbocycles. The zero-order valence-corrected chi connectivity index (χ0v) is 13.7. The molecule has 1 N–H and O–H groups in total. The molecule has 3 aromatic rings. The molecule has 2 heterocycles. The number of fused-ring (bicyclic) bond motifs is 2. The van der Waals surface area contributed by atoms with Crippen LogP contribution in [0.1, 0.15) is 18.2 Å². The maximum absolute atomic E-state index is 11.6. The van der Waals surface area contributed by atoms with Crippen molar-refractivity contribution in [3.63, 3.8) is 0 Å². The van der Waals surface area contributed by atoms with Gasteiger partial charge in [-0.25, -0.2) is 0 Å². The predicted octanol–water partition coefficient (Wildman–Crippen LogP) is 4.80. The lowest BCUT2D eigenvalue weighted by Gasteiger charge is -2.14. The van der Waals surface area contributed by atoms with Gasteiger partial charge in [-0.1, -0.05) is 18.2 Å². The van der Waals surface area contributed by atoms with Crippen LogP contribution in [-0.4, -0.2) is 17.4 Å². The van der Waals surface area contributed by atoms with Gasteiger partial charge in [-0.15, -0.1) is 5.11 Å². The normalized spacial score (nSPS) is 13.8. The van der Waals surface area contributed by atoms with E-state index < -0.39 is 0 Å². The van der Waals surface area contributed by atoms with Gasteiger partial charge in [-0.05, 0) is 43.2 Å². The number of carbonyl (C=O) groups is 1. The van der Waals surface area contributed by atoms with Crippen LogP contribution >= 0.6 is 0 Å². The summed E-state index contributed by atoms with van der Waals surface area (Å²) >= 11 is 0. The number of rotatable bonds is 2. The van der Waals surface area contributed by atoms with E-state index in [9.17, 15) is 4.79 Å². The van der Waals surface area contributed by atoms with Gasteiger partial charge in [0.25, 0.3) is 0 Å². The van der Waals surface area contributed by atoms with Crippen LogP contribution in [0.4, 0.5) is 17.1 Å².